The molecule has 1 aliphatic carbocycles. The summed E-state index contributed by atoms with van der Waals surface area (Å²) in [7, 11) is 0. The highest BCUT2D eigenvalue weighted by Crippen LogP contribution is 2.37. The molecule has 0 radical (unpaired) electrons. The Balaban J connectivity index is 1.78. The van der Waals surface area contributed by atoms with Crippen LogP contribution < -0.4 is 0 Å². The second-order valence-electron chi connectivity index (χ2n) is 5.99. The van der Waals surface area contributed by atoms with E-state index in [0.717, 1.165) is 36.3 Å². The number of aryl methyl sites for hydroxylation is 2. The number of carbonyl (C=O) groups excluding carboxylic acids is 3. The van der Waals surface area contributed by atoms with Crippen LogP contribution in [0.3, 0.4) is 0 Å². The number of amides is 2. The molecule has 2 amide bonds. The van der Waals surface area contributed by atoms with E-state index in [4.69, 9.17) is 0 Å². The number of fused-ring (bicyclic) bond motifs is 1. The van der Waals surface area contributed by atoms with Crippen molar-refractivity contribution >= 4 is 17.7 Å². The van der Waals surface area contributed by atoms with Crippen LogP contribution in [0, 0.1) is 25.7 Å². The SMILES string of the molecule is Cc1cc(C)n(C(=O)CN2C(=O)[C@H]3CCCC[C@@H]3C2=O)n1. The van der Waals surface area contributed by atoms with E-state index in [1.807, 2.05) is 0 Å². The van der Waals surface area contributed by atoms with Gasteiger partial charge in [-0.3, -0.25) is 19.3 Å². The van der Waals surface area contributed by atoms with Crippen molar-refractivity contribution < 1.29 is 14.4 Å². The Morgan fingerprint density at radius 3 is 2.24 bits per heavy atom. The monoisotopic (exact) mass is 289 g/mol. The molecule has 6 nitrogen and oxygen atoms in total. The average molecular weight is 289 g/mol. The standard InChI is InChI=1S/C15H19N3O3/c1-9-7-10(2)18(16-9)13(19)8-17-14(20)11-5-3-4-6-12(11)15(17)21/h7,11-12H,3-6,8H2,1-2H3/t11-,12-/m0/s1. The quantitative estimate of drug-likeness (QED) is 0.770. The third kappa shape index (κ3) is 2.28. The predicted molar refractivity (Wildman–Crippen MR) is 74.5 cm³/mol. The molecule has 2 fully saturated rings. The maximum atomic E-state index is 12.3. The fourth-order valence-electron chi connectivity index (χ4n) is 3.47. The molecule has 6 heteroatoms. The zero-order chi connectivity index (χ0) is 15.1. The molecule has 1 aromatic heterocycles. The molecule has 0 aromatic carbocycles. The summed E-state index contributed by atoms with van der Waals surface area (Å²) in [6, 6.07) is 1.80. The second-order valence-corrected chi connectivity index (χ2v) is 5.99. The van der Waals surface area contributed by atoms with Gasteiger partial charge in [-0.25, -0.2) is 4.68 Å². The molecular weight excluding hydrogens is 270 g/mol. The number of aromatic nitrogens is 2. The van der Waals surface area contributed by atoms with Gasteiger partial charge < -0.3 is 0 Å². The Hall–Kier alpha value is -1.98. The average Bonchev–Trinajstić information content (AvgIpc) is 2.92. The Labute approximate surface area is 123 Å². The van der Waals surface area contributed by atoms with Crippen molar-refractivity contribution in [2.45, 2.75) is 39.5 Å². The first kappa shape index (κ1) is 14.0. The molecule has 1 saturated heterocycles. The van der Waals surface area contributed by atoms with Gasteiger partial charge in [-0.15, -0.1) is 0 Å². The van der Waals surface area contributed by atoms with Gasteiger partial charge in [0.2, 0.25) is 11.8 Å². The van der Waals surface area contributed by atoms with Crippen LogP contribution in [-0.2, 0) is 9.59 Å². The molecule has 21 heavy (non-hydrogen) atoms. The van der Waals surface area contributed by atoms with E-state index in [-0.39, 0.29) is 36.1 Å². The fraction of sp³-hybridized carbons (Fsp3) is 0.600. The van der Waals surface area contributed by atoms with Crippen LogP contribution in [0.25, 0.3) is 0 Å². The summed E-state index contributed by atoms with van der Waals surface area (Å²) in [5, 5.41) is 4.11. The van der Waals surface area contributed by atoms with Crippen molar-refractivity contribution in [2.24, 2.45) is 11.8 Å². The van der Waals surface area contributed by atoms with Crippen LogP contribution in [0.15, 0.2) is 6.07 Å². The van der Waals surface area contributed by atoms with E-state index >= 15 is 0 Å². The fourth-order valence-corrected chi connectivity index (χ4v) is 3.47. The van der Waals surface area contributed by atoms with E-state index in [9.17, 15) is 14.4 Å². The van der Waals surface area contributed by atoms with Crippen LogP contribution in [0.5, 0.6) is 0 Å². The second kappa shape index (κ2) is 5.09. The van der Waals surface area contributed by atoms with Gasteiger partial charge in [0.1, 0.15) is 6.54 Å². The smallest absolute Gasteiger partial charge is 0.267 e. The Morgan fingerprint density at radius 2 is 1.76 bits per heavy atom. The van der Waals surface area contributed by atoms with Gasteiger partial charge in [0, 0.05) is 5.69 Å². The zero-order valence-corrected chi connectivity index (χ0v) is 12.3. The summed E-state index contributed by atoms with van der Waals surface area (Å²) in [5.41, 5.74) is 1.46. The third-order valence-corrected chi connectivity index (χ3v) is 4.47. The summed E-state index contributed by atoms with van der Waals surface area (Å²) >= 11 is 0. The summed E-state index contributed by atoms with van der Waals surface area (Å²) < 4.78 is 1.28. The number of nitrogens with zero attached hydrogens (tertiary/aromatic N) is 3. The normalized spacial score (nSPS) is 25.3. The van der Waals surface area contributed by atoms with Gasteiger partial charge in [0.15, 0.2) is 0 Å². The molecule has 0 unspecified atom stereocenters. The van der Waals surface area contributed by atoms with E-state index in [2.05, 4.69) is 5.10 Å². The lowest BCUT2D eigenvalue weighted by Crippen LogP contribution is -2.38. The molecule has 2 heterocycles. The summed E-state index contributed by atoms with van der Waals surface area (Å²) in [6.45, 7) is 3.38. The number of likely N-dealkylation sites (tertiary alicyclic amines) is 1. The Kier molecular flexibility index (Phi) is 3.39. The van der Waals surface area contributed by atoms with Gasteiger partial charge in [0.05, 0.1) is 17.5 Å². The van der Waals surface area contributed by atoms with Crippen molar-refractivity contribution in [1.29, 1.82) is 0 Å². The van der Waals surface area contributed by atoms with Gasteiger partial charge in [0.25, 0.3) is 5.91 Å². The lowest BCUT2D eigenvalue weighted by atomic mass is 9.81. The van der Waals surface area contributed by atoms with Crippen molar-refractivity contribution in [3.05, 3.63) is 17.5 Å². The Bertz CT molecular complexity index is 596. The molecule has 0 spiro atoms. The largest absolute Gasteiger partial charge is 0.274 e. The van der Waals surface area contributed by atoms with Gasteiger partial charge in [-0.2, -0.15) is 5.10 Å². The van der Waals surface area contributed by atoms with E-state index in [0.29, 0.717) is 5.69 Å². The van der Waals surface area contributed by atoms with Crippen LogP contribution >= 0.6 is 0 Å². The highest BCUT2D eigenvalue weighted by Gasteiger charge is 2.48. The van der Waals surface area contributed by atoms with Crippen molar-refractivity contribution in [1.82, 2.24) is 14.7 Å². The first-order valence-electron chi connectivity index (χ1n) is 7.40. The van der Waals surface area contributed by atoms with Gasteiger partial charge in [-0.1, -0.05) is 12.8 Å². The van der Waals surface area contributed by atoms with E-state index < -0.39 is 0 Å². The number of carbonyl (C=O) groups is 3. The minimum atomic E-state index is -0.332. The zero-order valence-electron chi connectivity index (χ0n) is 12.3. The molecule has 1 aliphatic heterocycles. The first-order chi connectivity index (χ1) is 9.99. The number of rotatable bonds is 2. The third-order valence-electron chi connectivity index (χ3n) is 4.47. The molecule has 0 bridgehead atoms. The predicted octanol–water partition coefficient (Wildman–Crippen LogP) is 1.32. The Morgan fingerprint density at radius 1 is 1.19 bits per heavy atom. The highest BCUT2D eigenvalue weighted by molar-refractivity contribution is 6.07. The summed E-state index contributed by atoms with van der Waals surface area (Å²) in [6.07, 6.45) is 3.50. The van der Waals surface area contributed by atoms with Crippen LogP contribution in [-0.4, -0.2) is 38.9 Å². The van der Waals surface area contributed by atoms with Crippen molar-refractivity contribution in [3.63, 3.8) is 0 Å². The molecule has 2 aliphatic rings. The lowest BCUT2D eigenvalue weighted by molar-refractivity contribution is -0.139. The maximum Gasteiger partial charge on any atom is 0.267 e. The topological polar surface area (TPSA) is 72.3 Å². The molecule has 2 atom stereocenters. The molecule has 112 valence electrons. The van der Waals surface area contributed by atoms with Crippen LogP contribution in [0.2, 0.25) is 0 Å². The summed E-state index contributed by atoms with van der Waals surface area (Å²) in [5.74, 6) is -1.11. The number of hydrogen-bond acceptors (Lipinski definition) is 4. The lowest BCUT2D eigenvalue weighted by Gasteiger charge is -2.19. The minimum Gasteiger partial charge on any atom is -0.274 e. The number of imide groups is 1. The van der Waals surface area contributed by atoms with Crippen molar-refractivity contribution in [3.8, 4) is 0 Å². The first-order valence-corrected chi connectivity index (χ1v) is 7.40. The van der Waals surface area contributed by atoms with Gasteiger partial charge in [-0.05, 0) is 32.8 Å². The van der Waals surface area contributed by atoms with Crippen molar-refractivity contribution in [2.75, 3.05) is 6.54 Å². The maximum absolute atomic E-state index is 12.3. The molecule has 1 saturated carbocycles. The van der Waals surface area contributed by atoms with Crippen LogP contribution in [0.1, 0.15) is 41.9 Å². The molecule has 1 aromatic rings. The minimum absolute atomic E-state index is 0.181. The number of hydrogen-bond donors (Lipinski definition) is 0. The van der Waals surface area contributed by atoms with Crippen LogP contribution in [0.4, 0.5) is 0 Å². The van der Waals surface area contributed by atoms with E-state index in [1.54, 1.807) is 19.9 Å². The highest BCUT2D eigenvalue weighted by atomic mass is 16.2. The van der Waals surface area contributed by atoms with Gasteiger partial charge >= 0.3 is 0 Å². The summed E-state index contributed by atoms with van der Waals surface area (Å²) in [4.78, 5) is 38.1. The molecular formula is C15H19N3O3. The molecule has 3 rings (SSSR count). The van der Waals surface area contributed by atoms with E-state index in [1.165, 1.54) is 4.68 Å². The molecule has 0 N–H and O–H groups in total.